The summed E-state index contributed by atoms with van der Waals surface area (Å²) in [5.41, 5.74) is 8.58. The number of benzene rings is 2. The van der Waals surface area contributed by atoms with Crippen LogP contribution in [0.25, 0.3) is 0 Å². The summed E-state index contributed by atoms with van der Waals surface area (Å²) in [6.45, 7) is 1.94. The Morgan fingerprint density at radius 1 is 1.21 bits per heavy atom. The Hall–Kier alpha value is -2.77. The average Bonchev–Trinajstić information content (AvgIpc) is 3.03. The minimum atomic E-state index is -0.414. The first kappa shape index (κ1) is 16.1. The van der Waals surface area contributed by atoms with Gasteiger partial charge >= 0.3 is 0 Å². The number of rotatable bonds is 4. The van der Waals surface area contributed by atoms with Crippen LogP contribution in [0.2, 0.25) is 0 Å². The first-order valence-corrected chi connectivity index (χ1v) is 7.66. The highest BCUT2D eigenvalue weighted by molar-refractivity contribution is 5.94. The molecular weight excluding hydrogens is 308 g/mol. The summed E-state index contributed by atoms with van der Waals surface area (Å²) in [6, 6.07) is 13.8. The number of hydrazine groups is 1. The summed E-state index contributed by atoms with van der Waals surface area (Å²) >= 11 is 0. The van der Waals surface area contributed by atoms with Gasteiger partial charge in [0.25, 0.3) is 11.6 Å². The van der Waals surface area contributed by atoms with Gasteiger partial charge in [-0.1, -0.05) is 29.8 Å². The van der Waals surface area contributed by atoms with E-state index >= 15 is 0 Å². The lowest BCUT2D eigenvalue weighted by molar-refractivity contribution is -0.384. The molecule has 2 aromatic carbocycles. The minimum Gasteiger partial charge on any atom is -0.335 e. The Balaban J connectivity index is 1.64. The van der Waals surface area contributed by atoms with Crippen LogP contribution in [-0.4, -0.2) is 17.0 Å². The summed E-state index contributed by atoms with van der Waals surface area (Å²) in [6.07, 6.45) is 0.348. The number of nitrogens with one attached hydrogen (secondary N) is 3. The number of non-ortho nitro benzene ring substituents is 1. The molecule has 0 radical (unpaired) electrons. The SMILES string of the molecule is Cc1cccc(C(=O)NC2CC(c3cccc([N+](=O)[O-])c3)NN2)c1. The Labute approximate surface area is 139 Å². The summed E-state index contributed by atoms with van der Waals surface area (Å²) in [7, 11) is 0. The second-order valence-corrected chi connectivity index (χ2v) is 5.82. The summed E-state index contributed by atoms with van der Waals surface area (Å²) in [5.74, 6) is -0.155. The molecule has 3 N–H and O–H groups in total. The maximum atomic E-state index is 12.3. The van der Waals surface area contributed by atoms with Gasteiger partial charge in [-0.25, -0.2) is 10.9 Å². The zero-order valence-electron chi connectivity index (χ0n) is 13.2. The van der Waals surface area contributed by atoms with Crippen LogP contribution in [0.3, 0.4) is 0 Å². The third kappa shape index (κ3) is 3.58. The van der Waals surface area contributed by atoms with E-state index in [9.17, 15) is 14.9 Å². The maximum Gasteiger partial charge on any atom is 0.269 e. The van der Waals surface area contributed by atoms with Crippen molar-refractivity contribution in [2.24, 2.45) is 0 Å². The van der Waals surface area contributed by atoms with Crippen molar-refractivity contribution < 1.29 is 9.72 Å². The van der Waals surface area contributed by atoms with Crippen LogP contribution in [0.15, 0.2) is 48.5 Å². The Bertz CT molecular complexity index is 778. The molecule has 0 aliphatic carbocycles. The molecule has 1 heterocycles. The monoisotopic (exact) mass is 326 g/mol. The lowest BCUT2D eigenvalue weighted by atomic mass is 10.0. The molecule has 0 spiro atoms. The molecule has 124 valence electrons. The molecule has 0 bridgehead atoms. The van der Waals surface area contributed by atoms with Crippen LogP contribution in [0.1, 0.15) is 33.9 Å². The summed E-state index contributed by atoms with van der Waals surface area (Å²) in [4.78, 5) is 22.7. The fourth-order valence-corrected chi connectivity index (χ4v) is 2.75. The number of nitro benzene ring substituents is 1. The highest BCUT2D eigenvalue weighted by Gasteiger charge is 2.27. The number of hydrogen-bond donors (Lipinski definition) is 3. The summed E-state index contributed by atoms with van der Waals surface area (Å²) in [5, 5.41) is 13.8. The van der Waals surface area contributed by atoms with E-state index in [1.54, 1.807) is 18.2 Å². The molecule has 0 saturated carbocycles. The van der Waals surface area contributed by atoms with E-state index in [0.717, 1.165) is 11.1 Å². The molecule has 1 saturated heterocycles. The quantitative estimate of drug-likeness (QED) is 0.591. The first-order valence-electron chi connectivity index (χ1n) is 7.66. The molecule has 3 rings (SSSR count). The molecule has 0 aromatic heterocycles. The van der Waals surface area contributed by atoms with Gasteiger partial charge in [0.15, 0.2) is 0 Å². The molecular formula is C17H18N4O3. The smallest absolute Gasteiger partial charge is 0.269 e. The van der Waals surface area contributed by atoms with E-state index in [-0.39, 0.29) is 23.8 Å². The number of hydrogen-bond acceptors (Lipinski definition) is 5. The number of nitrogens with zero attached hydrogens (tertiary/aromatic N) is 1. The van der Waals surface area contributed by atoms with Crippen molar-refractivity contribution in [2.45, 2.75) is 25.6 Å². The third-order valence-corrected chi connectivity index (χ3v) is 3.97. The van der Waals surface area contributed by atoms with Gasteiger partial charge in [0.2, 0.25) is 0 Å². The van der Waals surface area contributed by atoms with Gasteiger partial charge in [-0.2, -0.15) is 0 Å². The number of carbonyl (C=O) groups excluding carboxylic acids is 1. The standard InChI is InChI=1S/C17H18N4O3/c1-11-4-2-6-13(8-11)17(22)18-16-10-15(19-20-16)12-5-3-7-14(9-12)21(23)24/h2-9,15-16,19-20H,10H2,1H3,(H,18,22). The molecule has 1 fully saturated rings. The van der Waals surface area contributed by atoms with Crippen LogP contribution in [0, 0.1) is 17.0 Å². The summed E-state index contributed by atoms with van der Waals surface area (Å²) < 4.78 is 0. The largest absolute Gasteiger partial charge is 0.335 e. The van der Waals surface area contributed by atoms with E-state index in [1.165, 1.54) is 6.07 Å². The van der Waals surface area contributed by atoms with E-state index in [4.69, 9.17) is 0 Å². The van der Waals surface area contributed by atoms with Gasteiger partial charge in [-0.05, 0) is 24.6 Å². The second kappa shape index (κ2) is 6.77. The number of amides is 1. The molecule has 1 amide bonds. The van der Waals surface area contributed by atoms with Crippen LogP contribution >= 0.6 is 0 Å². The Kier molecular flexibility index (Phi) is 4.54. The normalized spacial score (nSPS) is 19.9. The zero-order chi connectivity index (χ0) is 17.1. The predicted octanol–water partition coefficient (Wildman–Crippen LogP) is 2.20. The fourth-order valence-electron chi connectivity index (χ4n) is 2.75. The Morgan fingerprint density at radius 3 is 2.75 bits per heavy atom. The number of aryl methyl sites for hydroxylation is 1. The topological polar surface area (TPSA) is 96.3 Å². The molecule has 7 nitrogen and oxygen atoms in total. The van der Waals surface area contributed by atoms with E-state index in [2.05, 4.69) is 16.2 Å². The first-order chi connectivity index (χ1) is 11.5. The molecule has 1 aliphatic heterocycles. The minimum absolute atomic E-state index is 0.0570. The Morgan fingerprint density at radius 2 is 2.00 bits per heavy atom. The van der Waals surface area contributed by atoms with Gasteiger partial charge in [0.05, 0.1) is 11.1 Å². The second-order valence-electron chi connectivity index (χ2n) is 5.82. The highest BCUT2D eigenvalue weighted by atomic mass is 16.6. The van der Waals surface area contributed by atoms with Gasteiger partial charge in [0.1, 0.15) is 0 Å². The highest BCUT2D eigenvalue weighted by Crippen LogP contribution is 2.24. The molecule has 7 heteroatoms. The predicted molar refractivity (Wildman–Crippen MR) is 89.2 cm³/mol. The van der Waals surface area contributed by atoms with Crippen molar-refractivity contribution in [2.75, 3.05) is 0 Å². The van der Waals surface area contributed by atoms with Crippen molar-refractivity contribution >= 4 is 11.6 Å². The number of nitro groups is 1. The van der Waals surface area contributed by atoms with Crippen molar-refractivity contribution in [3.8, 4) is 0 Å². The van der Waals surface area contributed by atoms with Crippen molar-refractivity contribution in [1.82, 2.24) is 16.2 Å². The van der Waals surface area contributed by atoms with Crippen LogP contribution < -0.4 is 16.2 Å². The van der Waals surface area contributed by atoms with E-state index in [1.807, 2.05) is 31.2 Å². The molecule has 24 heavy (non-hydrogen) atoms. The fraction of sp³-hybridized carbons (Fsp3) is 0.235. The zero-order valence-corrected chi connectivity index (χ0v) is 13.2. The van der Waals surface area contributed by atoms with Crippen molar-refractivity contribution in [1.29, 1.82) is 0 Å². The van der Waals surface area contributed by atoms with Crippen LogP contribution in [0.4, 0.5) is 5.69 Å². The lowest BCUT2D eigenvalue weighted by Crippen LogP contribution is -2.44. The molecule has 2 unspecified atom stereocenters. The molecule has 2 aromatic rings. The van der Waals surface area contributed by atoms with Crippen LogP contribution in [0.5, 0.6) is 0 Å². The van der Waals surface area contributed by atoms with E-state index < -0.39 is 4.92 Å². The average molecular weight is 326 g/mol. The van der Waals surface area contributed by atoms with Crippen LogP contribution in [-0.2, 0) is 0 Å². The number of carbonyl (C=O) groups is 1. The van der Waals surface area contributed by atoms with E-state index in [0.29, 0.717) is 12.0 Å². The van der Waals surface area contributed by atoms with Crippen molar-refractivity contribution in [3.05, 3.63) is 75.3 Å². The lowest BCUT2D eigenvalue weighted by Gasteiger charge is -2.12. The van der Waals surface area contributed by atoms with Gasteiger partial charge in [-0.3, -0.25) is 14.9 Å². The van der Waals surface area contributed by atoms with Crippen molar-refractivity contribution in [3.63, 3.8) is 0 Å². The van der Waals surface area contributed by atoms with Gasteiger partial charge < -0.3 is 5.32 Å². The molecule has 1 aliphatic rings. The van der Waals surface area contributed by atoms with Gasteiger partial charge in [-0.15, -0.1) is 0 Å². The van der Waals surface area contributed by atoms with Gasteiger partial charge in [0, 0.05) is 30.2 Å². The molecule has 2 atom stereocenters. The third-order valence-electron chi connectivity index (χ3n) is 3.97. The maximum absolute atomic E-state index is 12.3.